The van der Waals surface area contributed by atoms with Gasteiger partial charge in [0.2, 0.25) is 5.91 Å². The SMILES string of the molecule is COc1cccc(C(=O)N2CCCN(C(=O)CCSC)CC2)c1. The number of thioether (sulfide) groups is 1. The number of carbonyl (C=O) groups is 2. The number of benzene rings is 1. The second kappa shape index (κ2) is 8.82. The first-order valence-corrected chi connectivity index (χ1v) is 9.25. The van der Waals surface area contributed by atoms with Gasteiger partial charge in [-0.15, -0.1) is 0 Å². The molecule has 1 fully saturated rings. The Labute approximate surface area is 142 Å². The Kier molecular flexibility index (Phi) is 6.77. The first-order valence-electron chi connectivity index (χ1n) is 7.85. The molecular formula is C17H24N2O3S. The van der Waals surface area contributed by atoms with E-state index >= 15 is 0 Å². The highest BCUT2D eigenvalue weighted by atomic mass is 32.2. The lowest BCUT2D eigenvalue weighted by Gasteiger charge is -2.22. The van der Waals surface area contributed by atoms with E-state index in [0.29, 0.717) is 37.4 Å². The normalized spacial score (nSPS) is 15.2. The van der Waals surface area contributed by atoms with Gasteiger partial charge < -0.3 is 14.5 Å². The first kappa shape index (κ1) is 17.7. The Morgan fingerprint density at radius 3 is 2.65 bits per heavy atom. The summed E-state index contributed by atoms with van der Waals surface area (Å²) in [4.78, 5) is 28.5. The summed E-state index contributed by atoms with van der Waals surface area (Å²) in [7, 11) is 1.59. The molecule has 2 rings (SSSR count). The van der Waals surface area contributed by atoms with Gasteiger partial charge in [-0.25, -0.2) is 0 Å². The number of rotatable bonds is 5. The minimum absolute atomic E-state index is 0.00214. The average Bonchev–Trinajstić information content (AvgIpc) is 2.85. The summed E-state index contributed by atoms with van der Waals surface area (Å²) in [6.45, 7) is 2.61. The van der Waals surface area contributed by atoms with Crippen molar-refractivity contribution in [3.8, 4) is 5.75 Å². The van der Waals surface area contributed by atoms with Crippen LogP contribution in [-0.4, -0.2) is 66.9 Å². The maximum Gasteiger partial charge on any atom is 0.254 e. The molecule has 126 valence electrons. The smallest absolute Gasteiger partial charge is 0.254 e. The highest BCUT2D eigenvalue weighted by molar-refractivity contribution is 7.98. The van der Waals surface area contributed by atoms with Gasteiger partial charge in [0.1, 0.15) is 5.75 Å². The highest BCUT2D eigenvalue weighted by Gasteiger charge is 2.22. The monoisotopic (exact) mass is 336 g/mol. The molecule has 0 radical (unpaired) electrons. The maximum absolute atomic E-state index is 12.6. The molecule has 0 spiro atoms. The molecule has 0 unspecified atom stereocenters. The van der Waals surface area contributed by atoms with Crippen molar-refractivity contribution in [1.29, 1.82) is 0 Å². The quantitative estimate of drug-likeness (QED) is 0.826. The molecule has 1 heterocycles. The molecule has 1 saturated heterocycles. The molecule has 0 bridgehead atoms. The molecule has 0 aromatic heterocycles. The summed E-state index contributed by atoms with van der Waals surface area (Å²) in [6.07, 6.45) is 3.40. The third kappa shape index (κ3) is 4.89. The van der Waals surface area contributed by atoms with E-state index in [9.17, 15) is 9.59 Å². The molecule has 5 nitrogen and oxygen atoms in total. The summed E-state index contributed by atoms with van der Waals surface area (Å²) in [5.41, 5.74) is 0.631. The van der Waals surface area contributed by atoms with Crippen molar-refractivity contribution in [3.63, 3.8) is 0 Å². The predicted octanol–water partition coefficient (Wildman–Crippen LogP) is 2.12. The van der Waals surface area contributed by atoms with Crippen LogP contribution in [0, 0.1) is 0 Å². The van der Waals surface area contributed by atoms with Gasteiger partial charge in [0, 0.05) is 43.9 Å². The maximum atomic E-state index is 12.6. The number of nitrogens with zero attached hydrogens (tertiary/aromatic N) is 2. The van der Waals surface area contributed by atoms with Crippen LogP contribution in [0.2, 0.25) is 0 Å². The molecule has 1 aromatic carbocycles. The molecule has 1 aromatic rings. The van der Waals surface area contributed by atoms with Crippen LogP contribution in [0.15, 0.2) is 24.3 Å². The number of amides is 2. The summed E-state index contributed by atoms with van der Waals surface area (Å²) < 4.78 is 5.18. The van der Waals surface area contributed by atoms with Crippen molar-refractivity contribution in [2.45, 2.75) is 12.8 Å². The van der Waals surface area contributed by atoms with Crippen molar-refractivity contribution < 1.29 is 14.3 Å². The van der Waals surface area contributed by atoms with E-state index in [4.69, 9.17) is 4.74 Å². The van der Waals surface area contributed by atoms with Gasteiger partial charge in [-0.3, -0.25) is 9.59 Å². The van der Waals surface area contributed by atoms with E-state index in [1.807, 2.05) is 28.2 Å². The fourth-order valence-electron chi connectivity index (χ4n) is 2.66. The van der Waals surface area contributed by atoms with Crippen molar-refractivity contribution >= 4 is 23.6 Å². The predicted molar refractivity (Wildman–Crippen MR) is 93.1 cm³/mol. The third-order valence-corrected chi connectivity index (χ3v) is 4.58. The summed E-state index contributed by atoms with van der Waals surface area (Å²) >= 11 is 1.68. The summed E-state index contributed by atoms with van der Waals surface area (Å²) in [5, 5.41) is 0. The molecule has 1 aliphatic rings. The molecule has 1 aliphatic heterocycles. The van der Waals surface area contributed by atoms with Crippen LogP contribution in [0.25, 0.3) is 0 Å². The van der Waals surface area contributed by atoms with E-state index in [0.717, 1.165) is 18.7 Å². The molecule has 0 aliphatic carbocycles. The zero-order chi connectivity index (χ0) is 16.7. The van der Waals surface area contributed by atoms with Crippen molar-refractivity contribution in [1.82, 2.24) is 9.80 Å². The Morgan fingerprint density at radius 1 is 1.17 bits per heavy atom. The van der Waals surface area contributed by atoms with E-state index in [-0.39, 0.29) is 11.8 Å². The molecule has 0 saturated carbocycles. The van der Waals surface area contributed by atoms with Crippen molar-refractivity contribution in [3.05, 3.63) is 29.8 Å². The summed E-state index contributed by atoms with van der Waals surface area (Å²) in [6, 6.07) is 7.21. The molecule has 6 heteroatoms. The van der Waals surface area contributed by atoms with E-state index in [1.165, 1.54) is 0 Å². The van der Waals surface area contributed by atoms with Crippen LogP contribution in [0.4, 0.5) is 0 Å². The fraction of sp³-hybridized carbons (Fsp3) is 0.529. The van der Waals surface area contributed by atoms with Gasteiger partial charge >= 0.3 is 0 Å². The zero-order valence-electron chi connectivity index (χ0n) is 13.8. The van der Waals surface area contributed by atoms with Gasteiger partial charge in [-0.05, 0) is 30.9 Å². The molecule has 2 amide bonds. The number of ether oxygens (including phenoxy) is 1. The summed E-state index contributed by atoms with van der Waals surface area (Å²) in [5.74, 6) is 1.72. The Morgan fingerprint density at radius 2 is 1.91 bits per heavy atom. The lowest BCUT2D eigenvalue weighted by Crippen LogP contribution is -2.37. The standard InChI is InChI=1S/C17H24N2O3S/c1-22-15-6-3-5-14(13-15)17(21)19-9-4-8-18(10-11-19)16(20)7-12-23-2/h3,5-6,13H,4,7-12H2,1-2H3. The molecule has 0 N–H and O–H groups in total. The van der Waals surface area contributed by atoms with Crippen molar-refractivity contribution in [2.75, 3.05) is 45.3 Å². The number of hydrogen-bond acceptors (Lipinski definition) is 4. The van der Waals surface area contributed by atoms with E-state index in [2.05, 4.69) is 0 Å². The average molecular weight is 336 g/mol. The second-order valence-corrected chi connectivity index (χ2v) is 6.49. The van der Waals surface area contributed by atoms with Gasteiger partial charge in [0.25, 0.3) is 5.91 Å². The fourth-order valence-corrected chi connectivity index (χ4v) is 3.03. The second-order valence-electron chi connectivity index (χ2n) is 5.50. The van der Waals surface area contributed by atoms with E-state index in [1.54, 1.807) is 31.0 Å². The van der Waals surface area contributed by atoms with Gasteiger partial charge in [0.15, 0.2) is 0 Å². The molecular weight excluding hydrogens is 312 g/mol. The number of hydrogen-bond donors (Lipinski definition) is 0. The lowest BCUT2D eigenvalue weighted by molar-refractivity contribution is -0.130. The van der Waals surface area contributed by atoms with Crippen LogP contribution < -0.4 is 4.74 Å². The molecule has 0 atom stereocenters. The first-order chi connectivity index (χ1) is 11.2. The largest absolute Gasteiger partial charge is 0.497 e. The number of carbonyl (C=O) groups excluding carboxylic acids is 2. The Bertz CT molecular complexity index is 550. The minimum atomic E-state index is 0.00214. The van der Waals surface area contributed by atoms with Gasteiger partial charge in [0.05, 0.1) is 7.11 Å². The van der Waals surface area contributed by atoms with Crippen LogP contribution in [-0.2, 0) is 4.79 Å². The van der Waals surface area contributed by atoms with E-state index < -0.39 is 0 Å². The van der Waals surface area contributed by atoms with Gasteiger partial charge in [-0.1, -0.05) is 6.07 Å². The third-order valence-electron chi connectivity index (χ3n) is 3.97. The van der Waals surface area contributed by atoms with Crippen LogP contribution in [0.1, 0.15) is 23.2 Å². The van der Waals surface area contributed by atoms with Crippen LogP contribution >= 0.6 is 11.8 Å². The Balaban J connectivity index is 1.96. The molecule has 23 heavy (non-hydrogen) atoms. The topological polar surface area (TPSA) is 49.9 Å². The van der Waals surface area contributed by atoms with Crippen LogP contribution in [0.3, 0.4) is 0 Å². The zero-order valence-corrected chi connectivity index (χ0v) is 14.6. The number of methoxy groups -OCH3 is 1. The Hall–Kier alpha value is -1.69. The van der Waals surface area contributed by atoms with Crippen LogP contribution in [0.5, 0.6) is 5.75 Å². The van der Waals surface area contributed by atoms with Crippen molar-refractivity contribution in [2.24, 2.45) is 0 Å². The lowest BCUT2D eigenvalue weighted by atomic mass is 10.2. The minimum Gasteiger partial charge on any atom is -0.497 e. The highest BCUT2D eigenvalue weighted by Crippen LogP contribution is 2.16. The van der Waals surface area contributed by atoms with Gasteiger partial charge in [-0.2, -0.15) is 11.8 Å².